The van der Waals surface area contributed by atoms with Crippen molar-refractivity contribution in [2.75, 3.05) is 6.61 Å². The van der Waals surface area contributed by atoms with Gasteiger partial charge in [-0.15, -0.1) is 12.4 Å². The first-order valence-electron chi connectivity index (χ1n) is 6.82. The van der Waals surface area contributed by atoms with Gasteiger partial charge in [-0.2, -0.15) is 0 Å². The Hall–Kier alpha value is -0.900. The number of imidazole rings is 1. The van der Waals surface area contributed by atoms with E-state index in [0.29, 0.717) is 22.4 Å². The topological polar surface area (TPSA) is 37.9 Å². The van der Waals surface area contributed by atoms with Crippen LogP contribution in [0, 0.1) is 0 Å². The molecule has 0 saturated carbocycles. The zero-order valence-electron chi connectivity index (χ0n) is 11.6. The fourth-order valence-corrected chi connectivity index (χ4v) is 2.42. The maximum absolute atomic E-state index is 6.03. The molecule has 0 atom stereocenters. The van der Waals surface area contributed by atoms with Gasteiger partial charge in [0.15, 0.2) is 0 Å². The van der Waals surface area contributed by atoms with Gasteiger partial charge >= 0.3 is 0 Å². The number of halogens is 3. The molecule has 0 bridgehead atoms. The van der Waals surface area contributed by atoms with E-state index in [1.807, 2.05) is 12.3 Å². The van der Waals surface area contributed by atoms with E-state index >= 15 is 0 Å². The summed E-state index contributed by atoms with van der Waals surface area (Å²) >= 11 is 11.9. The summed E-state index contributed by atoms with van der Waals surface area (Å²) in [6.45, 7) is 0.683. The number of ether oxygens (including phenoxy) is 1. The zero-order valence-corrected chi connectivity index (χ0v) is 14.0. The van der Waals surface area contributed by atoms with Gasteiger partial charge in [-0.3, -0.25) is 0 Å². The standard InChI is InChI=1S/C15H18Cl2N2O.ClH/c16-12-6-7-14(13(17)11-12)20-10-4-2-1-3-5-15-18-8-9-19-15;/h6-9,11H,1-5,10H2,(H,18,19);1H. The molecule has 3 nitrogen and oxygen atoms in total. The van der Waals surface area contributed by atoms with Gasteiger partial charge in [0.1, 0.15) is 11.6 Å². The molecular formula is C15H19Cl3N2O. The normalized spacial score (nSPS) is 10.2. The summed E-state index contributed by atoms with van der Waals surface area (Å²) in [5, 5.41) is 1.19. The highest BCUT2D eigenvalue weighted by molar-refractivity contribution is 6.35. The van der Waals surface area contributed by atoms with Crippen molar-refractivity contribution in [2.45, 2.75) is 32.1 Å². The molecule has 0 aliphatic carbocycles. The smallest absolute Gasteiger partial charge is 0.137 e. The number of benzene rings is 1. The average molecular weight is 350 g/mol. The van der Waals surface area contributed by atoms with Crippen molar-refractivity contribution >= 4 is 35.6 Å². The molecule has 1 aromatic carbocycles. The van der Waals surface area contributed by atoms with Crippen LogP contribution in [0.25, 0.3) is 0 Å². The monoisotopic (exact) mass is 348 g/mol. The van der Waals surface area contributed by atoms with E-state index in [4.69, 9.17) is 27.9 Å². The van der Waals surface area contributed by atoms with Crippen LogP contribution in [0.5, 0.6) is 5.75 Å². The Bertz CT molecular complexity index is 518. The molecule has 0 amide bonds. The Morgan fingerprint density at radius 2 is 1.90 bits per heavy atom. The maximum atomic E-state index is 6.03. The minimum absolute atomic E-state index is 0. The minimum Gasteiger partial charge on any atom is -0.492 e. The van der Waals surface area contributed by atoms with Crippen LogP contribution in [0.4, 0.5) is 0 Å². The zero-order chi connectivity index (χ0) is 14.2. The molecular weight excluding hydrogens is 331 g/mol. The predicted molar refractivity (Wildman–Crippen MR) is 90.0 cm³/mol. The van der Waals surface area contributed by atoms with Gasteiger partial charge in [0.05, 0.1) is 11.6 Å². The first kappa shape index (κ1) is 18.1. The highest BCUT2D eigenvalue weighted by Crippen LogP contribution is 2.27. The molecule has 21 heavy (non-hydrogen) atoms. The average Bonchev–Trinajstić information content (AvgIpc) is 2.93. The number of aromatic nitrogens is 2. The van der Waals surface area contributed by atoms with E-state index < -0.39 is 0 Å². The molecule has 2 rings (SSSR count). The lowest BCUT2D eigenvalue weighted by Crippen LogP contribution is -1.98. The summed E-state index contributed by atoms with van der Waals surface area (Å²) < 4.78 is 5.64. The Morgan fingerprint density at radius 1 is 1.10 bits per heavy atom. The summed E-state index contributed by atoms with van der Waals surface area (Å²) in [5.74, 6) is 1.76. The van der Waals surface area contributed by atoms with E-state index in [1.54, 1.807) is 18.3 Å². The van der Waals surface area contributed by atoms with Crippen LogP contribution in [0.1, 0.15) is 31.5 Å². The number of rotatable bonds is 8. The van der Waals surface area contributed by atoms with Crippen LogP contribution in [0.15, 0.2) is 30.6 Å². The molecule has 2 aromatic rings. The van der Waals surface area contributed by atoms with Crippen molar-refractivity contribution in [2.24, 2.45) is 0 Å². The molecule has 1 aromatic heterocycles. The lowest BCUT2D eigenvalue weighted by Gasteiger charge is -2.08. The van der Waals surface area contributed by atoms with E-state index in [-0.39, 0.29) is 12.4 Å². The van der Waals surface area contributed by atoms with E-state index in [2.05, 4.69) is 9.97 Å². The highest BCUT2D eigenvalue weighted by Gasteiger charge is 2.02. The van der Waals surface area contributed by atoms with Crippen LogP contribution in [-0.2, 0) is 6.42 Å². The number of aromatic amines is 1. The Kier molecular flexibility index (Phi) is 8.58. The number of aryl methyl sites for hydroxylation is 1. The molecule has 0 saturated heterocycles. The van der Waals surface area contributed by atoms with Crippen molar-refractivity contribution in [3.05, 3.63) is 46.5 Å². The van der Waals surface area contributed by atoms with Crippen molar-refractivity contribution in [1.82, 2.24) is 9.97 Å². The van der Waals surface area contributed by atoms with Gasteiger partial charge in [-0.05, 0) is 31.0 Å². The Morgan fingerprint density at radius 3 is 2.62 bits per heavy atom. The van der Waals surface area contributed by atoms with Crippen molar-refractivity contribution in [3.63, 3.8) is 0 Å². The molecule has 0 unspecified atom stereocenters. The fraction of sp³-hybridized carbons (Fsp3) is 0.400. The second-order valence-corrected chi connectivity index (χ2v) is 5.47. The number of nitrogens with zero attached hydrogens (tertiary/aromatic N) is 1. The lowest BCUT2D eigenvalue weighted by molar-refractivity contribution is 0.305. The number of H-pyrrole nitrogens is 1. The predicted octanol–water partition coefficient (Wildman–Crippen LogP) is 5.32. The first-order chi connectivity index (χ1) is 9.75. The largest absolute Gasteiger partial charge is 0.492 e. The number of hydrogen-bond acceptors (Lipinski definition) is 2. The van der Waals surface area contributed by atoms with Gasteiger partial charge < -0.3 is 9.72 Å². The first-order valence-corrected chi connectivity index (χ1v) is 7.57. The van der Waals surface area contributed by atoms with Gasteiger partial charge in [-0.1, -0.05) is 36.0 Å². The Labute approximate surface area is 141 Å². The number of hydrogen-bond donors (Lipinski definition) is 1. The van der Waals surface area contributed by atoms with Crippen molar-refractivity contribution in [1.29, 1.82) is 0 Å². The number of nitrogens with one attached hydrogen (secondary N) is 1. The second-order valence-electron chi connectivity index (χ2n) is 4.62. The molecule has 1 N–H and O–H groups in total. The van der Waals surface area contributed by atoms with Gasteiger partial charge in [-0.25, -0.2) is 4.98 Å². The molecule has 0 fully saturated rings. The third kappa shape index (κ3) is 6.60. The van der Waals surface area contributed by atoms with Crippen LogP contribution < -0.4 is 4.74 Å². The van der Waals surface area contributed by atoms with Crippen molar-refractivity contribution < 1.29 is 4.74 Å². The molecule has 1 heterocycles. The van der Waals surface area contributed by atoms with Gasteiger partial charge in [0.2, 0.25) is 0 Å². The number of unbranched alkanes of at least 4 members (excludes halogenated alkanes) is 3. The van der Waals surface area contributed by atoms with Crippen LogP contribution in [0.3, 0.4) is 0 Å². The molecule has 116 valence electrons. The van der Waals surface area contributed by atoms with Crippen molar-refractivity contribution in [3.8, 4) is 5.75 Å². The summed E-state index contributed by atoms with van der Waals surface area (Å²) in [6.07, 6.45) is 9.16. The van der Waals surface area contributed by atoms with E-state index in [1.165, 1.54) is 6.42 Å². The summed E-state index contributed by atoms with van der Waals surface area (Å²) in [5.41, 5.74) is 0. The summed E-state index contributed by atoms with van der Waals surface area (Å²) in [6, 6.07) is 5.29. The van der Waals surface area contributed by atoms with Gasteiger partial charge in [0, 0.05) is 23.8 Å². The third-order valence-electron chi connectivity index (χ3n) is 3.01. The quantitative estimate of drug-likeness (QED) is 0.655. The van der Waals surface area contributed by atoms with Crippen LogP contribution >= 0.6 is 35.6 Å². The third-order valence-corrected chi connectivity index (χ3v) is 3.54. The molecule has 0 aliphatic rings. The Balaban J connectivity index is 0.00000220. The fourth-order valence-electron chi connectivity index (χ4n) is 1.96. The molecule has 0 radical (unpaired) electrons. The van der Waals surface area contributed by atoms with E-state index in [9.17, 15) is 0 Å². The summed E-state index contributed by atoms with van der Waals surface area (Å²) in [7, 11) is 0. The maximum Gasteiger partial charge on any atom is 0.137 e. The molecule has 0 spiro atoms. The molecule has 6 heteroatoms. The summed E-state index contributed by atoms with van der Waals surface area (Å²) in [4.78, 5) is 7.31. The van der Waals surface area contributed by atoms with Gasteiger partial charge in [0.25, 0.3) is 0 Å². The highest BCUT2D eigenvalue weighted by atomic mass is 35.5. The lowest BCUT2D eigenvalue weighted by atomic mass is 10.1. The van der Waals surface area contributed by atoms with E-state index in [0.717, 1.165) is 31.5 Å². The minimum atomic E-state index is 0. The van der Waals surface area contributed by atoms with Crippen LogP contribution in [0.2, 0.25) is 10.0 Å². The van der Waals surface area contributed by atoms with Crippen LogP contribution in [-0.4, -0.2) is 16.6 Å². The molecule has 0 aliphatic heterocycles. The SMILES string of the molecule is Cl.Clc1ccc(OCCCCCCc2ncc[nH]2)c(Cl)c1. The second kappa shape index (κ2) is 9.93.